The summed E-state index contributed by atoms with van der Waals surface area (Å²) in [5.74, 6) is -0.00894. The van der Waals surface area contributed by atoms with Gasteiger partial charge in [0.05, 0.1) is 5.88 Å². The summed E-state index contributed by atoms with van der Waals surface area (Å²) in [7, 11) is 0. The molecule has 1 aromatic rings. The Morgan fingerprint density at radius 2 is 2.25 bits per heavy atom. The van der Waals surface area contributed by atoms with Crippen LogP contribution < -0.4 is 0 Å². The number of halogens is 2. The first-order valence-corrected chi connectivity index (χ1v) is 4.84. The molecule has 64 valence electrons. The van der Waals surface area contributed by atoms with Crippen LogP contribution in [0.3, 0.4) is 0 Å². The molecule has 0 radical (unpaired) electrons. The highest BCUT2D eigenvalue weighted by atomic mass is 79.9. The Labute approximate surface area is 84.9 Å². The lowest BCUT2D eigenvalue weighted by Gasteiger charge is -2.04. The van der Waals surface area contributed by atoms with E-state index in [-0.39, 0.29) is 11.7 Å². The van der Waals surface area contributed by atoms with Crippen LogP contribution >= 0.6 is 27.5 Å². The van der Waals surface area contributed by atoms with E-state index in [0.717, 1.165) is 10.0 Å². The molecule has 0 aliphatic heterocycles. The van der Waals surface area contributed by atoms with E-state index in [1.807, 2.05) is 25.1 Å². The van der Waals surface area contributed by atoms with Crippen molar-refractivity contribution in [1.82, 2.24) is 0 Å². The third kappa shape index (κ3) is 1.87. The van der Waals surface area contributed by atoms with Gasteiger partial charge in [-0.2, -0.15) is 0 Å². The molecule has 0 aromatic heterocycles. The zero-order chi connectivity index (χ0) is 9.14. The van der Waals surface area contributed by atoms with Crippen LogP contribution in [0.1, 0.15) is 15.9 Å². The van der Waals surface area contributed by atoms with Gasteiger partial charge in [-0.05, 0) is 18.6 Å². The van der Waals surface area contributed by atoms with E-state index in [0.29, 0.717) is 5.56 Å². The summed E-state index contributed by atoms with van der Waals surface area (Å²) >= 11 is 8.77. The van der Waals surface area contributed by atoms with Crippen molar-refractivity contribution in [3.8, 4) is 0 Å². The van der Waals surface area contributed by atoms with Crippen molar-refractivity contribution in [3.05, 3.63) is 33.8 Å². The van der Waals surface area contributed by atoms with Crippen molar-refractivity contribution in [2.24, 2.45) is 0 Å². The smallest absolute Gasteiger partial charge is 0.178 e. The molecule has 0 unspecified atom stereocenters. The third-order valence-electron chi connectivity index (χ3n) is 1.62. The van der Waals surface area contributed by atoms with Crippen molar-refractivity contribution in [2.75, 3.05) is 5.88 Å². The molecule has 0 heterocycles. The molecule has 0 aliphatic carbocycles. The van der Waals surface area contributed by atoms with E-state index in [1.54, 1.807) is 0 Å². The summed E-state index contributed by atoms with van der Waals surface area (Å²) in [5.41, 5.74) is 1.64. The van der Waals surface area contributed by atoms with Gasteiger partial charge in [0.15, 0.2) is 5.78 Å². The van der Waals surface area contributed by atoms with E-state index in [1.165, 1.54) is 0 Å². The summed E-state index contributed by atoms with van der Waals surface area (Å²) in [6.07, 6.45) is 0. The molecule has 0 saturated heterocycles. The normalized spacial score (nSPS) is 9.92. The van der Waals surface area contributed by atoms with Crippen LogP contribution in [0.4, 0.5) is 0 Å². The number of benzene rings is 1. The molecule has 0 spiro atoms. The third-order valence-corrected chi connectivity index (χ3v) is 2.53. The lowest BCUT2D eigenvalue weighted by Crippen LogP contribution is -2.03. The molecule has 0 fully saturated rings. The zero-order valence-electron chi connectivity index (χ0n) is 6.60. The standard InChI is InChI=1S/C9H8BrClO/c1-6-3-2-4-7(10)9(6)8(12)5-11/h2-4H,5H2,1H3. The van der Waals surface area contributed by atoms with Crippen molar-refractivity contribution in [2.45, 2.75) is 6.92 Å². The van der Waals surface area contributed by atoms with Crippen LogP contribution in [0, 0.1) is 6.92 Å². The maximum Gasteiger partial charge on any atom is 0.178 e. The molecule has 0 N–H and O–H groups in total. The molecule has 3 heteroatoms. The Balaban J connectivity index is 3.21. The number of alkyl halides is 1. The second kappa shape index (κ2) is 4.06. The van der Waals surface area contributed by atoms with Gasteiger partial charge in [-0.1, -0.05) is 28.1 Å². The molecule has 0 atom stereocenters. The average molecular weight is 248 g/mol. The van der Waals surface area contributed by atoms with Crippen LogP contribution in [0.25, 0.3) is 0 Å². The molecular weight excluding hydrogens is 239 g/mol. The molecule has 1 rings (SSSR count). The summed E-state index contributed by atoms with van der Waals surface area (Å²) in [6, 6.07) is 5.63. The number of rotatable bonds is 2. The van der Waals surface area contributed by atoms with Gasteiger partial charge in [-0.25, -0.2) is 0 Å². The maximum atomic E-state index is 11.3. The quantitative estimate of drug-likeness (QED) is 0.579. The van der Waals surface area contributed by atoms with Crippen molar-refractivity contribution >= 4 is 33.3 Å². The first-order chi connectivity index (χ1) is 5.66. The molecule has 0 saturated carbocycles. The largest absolute Gasteiger partial charge is 0.293 e. The Bertz CT molecular complexity index is 289. The first kappa shape index (κ1) is 9.75. The summed E-state index contributed by atoms with van der Waals surface area (Å²) in [6.45, 7) is 1.89. The van der Waals surface area contributed by atoms with Crippen LogP contribution in [-0.2, 0) is 0 Å². The fraction of sp³-hybridized carbons (Fsp3) is 0.222. The summed E-state index contributed by atoms with van der Waals surface area (Å²) in [5, 5.41) is 0. The van der Waals surface area contributed by atoms with E-state index < -0.39 is 0 Å². The number of hydrogen-bond acceptors (Lipinski definition) is 1. The molecule has 0 aliphatic rings. The number of Topliss-reactive ketones (excluding diaryl/α,β-unsaturated/α-hetero) is 1. The fourth-order valence-corrected chi connectivity index (χ4v) is 1.87. The fourth-order valence-electron chi connectivity index (χ4n) is 1.05. The minimum atomic E-state index is -0.0401. The lowest BCUT2D eigenvalue weighted by atomic mass is 10.1. The number of aryl methyl sites for hydroxylation is 1. The van der Waals surface area contributed by atoms with Gasteiger partial charge in [0.1, 0.15) is 0 Å². The highest BCUT2D eigenvalue weighted by molar-refractivity contribution is 9.10. The van der Waals surface area contributed by atoms with E-state index >= 15 is 0 Å². The SMILES string of the molecule is Cc1cccc(Br)c1C(=O)CCl. The van der Waals surface area contributed by atoms with Gasteiger partial charge in [-0.3, -0.25) is 4.79 Å². The minimum absolute atomic E-state index is 0.0312. The van der Waals surface area contributed by atoms with Gasteiger partial charge in [0.25, 0.3) is 0 Å². The number of hydrogen-bond donors (Lipinski definition) is 0. The number of ketones is 1. The molecule has 0 bridgehead atoms. The highest BCUT2D eigenvalue weighted by Crippen LogP contribution is 2.20. The molecule has 1 nitrogen and oxygen atoms in total. The molecule has 1 aromatic carbocycles. The van der Waals surface area contributed by atoms with Gasteiger partial charge >= 0.3 is 0 Å². The number of carbonyl (C=O) groups excluding carboxylic acids is 1. The van der Waals surface area contributed by atoms with Gasteiger partial charge in [0.2, 0.25) is 0 Å². The van der Waals surface area contributed by atoms with E-state index in [9.17, 15) is 4.79 Å². The molecular formula is C9H8BrClO. The maximum absolute atomic E-state index is 11.3. The van der Waals surface area contributed by atoms with Crippen LogP contribution in [0.5, 0.6) is 0 Å². The number of carbonyl (C=O) groups is 1. The molecule has 0 amide bonds. The van der Waals surface area contributed by atoms with Crippen molar-refractivity contribution < 1.29 is 4.79 Å². The molecule has 12 heavy (non-hydrogen) atoms. The Hall–Kier alpha value is -0.340. The first-order valence-electron chi connectivity index (χ1n) is 3.51. The van der Waals surface area contributed by atoms with E-state index in [2.05, 4.69) is 15.9 Å². The Kier molecular flexibility index (Phi) is 3.29. The topological polar surface area (TPSA) is 17.1 Å². The van der Waals surface area contributed by atoms with Crippen molar-refractivity contribution in [1.29, 1.82) is 0 Å². The van der Waals surface area contributed by atoms with Gasteiger partial charge < -0.3 is 0 Å². The van der Waals surface area contributed by atoms with Crippen LogP contribution in [0.2, 0.25) is 0 Å². The van der Waals surface area contributed by atoms with Crippen molar-refractivity contribution in [3.63, 3.8) is 0 Å². The lowest BCUT2D eigenvalue weighted by molar-refractivity contribution is 0.102. The van der Waals surface area contributed by atoms with Gasteiger partial charge in [0, 0.05) is 10.0 Å². The average Bonchev–Trinajstić information content (AvgIpc) is 2.03. The zero-order valence-corrected chi connectivity index (χ0v) is 8.95. The minimum Gasteiger partial charge on any atom is -0.293 e. The van der Waals surface area contributed by atoms with Crippen LogP contribution in [0.15, 0.2) is 22.7 Å². The monoisotopic (exact) mass is 246 g/mol. The second-order valence-electron chi connectivity index (χ2n) is 2.49. The predicted octanol–water partition coefficient (Wildman–Crippen LogP) is 3.18. The van der Waals surface area contributed by atoms with E-state index in [4.69, 9.17) is 11.6 Å². The van der Waals surface area contributed by atoms with Gasteiger partial charge in [-0.15, -0.1) is 11.6 Å². The Morgan fingerprint density at radius 3 is 2.75 bits per heavy atom. The van der Waals surface area contributed by atoms with Crippen LogP contribution in [-0.4, -0.2) is 11.7 Å². The second-order valence-corrected chi connectivity index (χ2v) is 3.61. The predicted molar refractivity (Wildman–Crippen MR) is 53.9 cm³/mol. The Morgan fingerprint density at radius 1 is 1.58 bits per heavy atom. The highest BCUT2D eigenvalue weighted by Gasteiger charge is 2.10. The summed E-state index contributed by atoms with van der Waals surface area (Å²) < 4.78 is 0.813. The summed E-state index contributed by atoms with van der Waals surface area (Å²) in [4.78, 5) is 11.3.